The average molecular weight is 317 g/mol. The van der Waals surface area contributed by atoms with Gasteiger partial charge in [-0.2, -0.15) is 4.98 Å². The lowest BCUT2D eigenvalue weighted by atomic mass is 10.1. The van der Waals surface area contributed by atoms with E-state index in [2.05, 4.69) is 27.4 Å². The molecule has 0 saturated carbocycles. The van der Waals surface area contributed by atoms with Gasteiger partial charge in [-0.1, -0.05) is 31.0 Å². The molecule has 23 heavy (non-hydrogen) atoms. The van der Waals surface area contributed by atoms with Gasteiger partial charge in [0.15, 0.2) is 0 Å². The molecule has 1 atom stereocenters. The van der Waals surface area contributed by atoms with Crippen LogP contribution in [0.25, 0.3) is 11.5 Å². The Hall–Kier alpha value is -2.28. The summed E-state index contributed by atoms with van der Waals surface area (Å²) in [5, 5.41) is 6.83. The number of hydrogen-bond acceptors (Lipinski definition) is 6. The van der Waals surface area contributed by atoms with Crippen LogP contribution >= 0.6 is 0 Å². The normalized spacial score (nSPS) is 12.1. The molecule has 0 aromatic carbocycles. The first-order valence-corrected chi connectivity index (χ1v) is 7.96. The Morgan fingerprint density at radius 1 is 1.43 bits per heavy atom. The van der Waals surface area contributed by atoms with Crippen LogP contribution in [0.3, 0.4) is 0 Å². The third-order valence-corrected chi connectivity index (χ3v) is 3.48. The molecule has 2 rings (SSSR count). The number of carbonyl (C=O) groups excluding carboxylic acids is 1. The highest BCUT2D eigenvalue weighted by atomic mass is 16.5. The smallest absolute Gasteiger partial charge is 0.227 e. The molecule has 0 saturated heterocycles. The molecule has 0 aliphatic carbocycles. The molecule has 0 bridgehead atoms. The van der Waals surface area contributed by atoms with Crippen LogP contribution in [0, 0.1) is 0 Å². The summed E-state index contributed by atoms with van der Waals surface area (Å²) in [5.74, 6) is 0.816. The molecule has 0 spiro atoms. The summed E-state index contributed by atoms with van der Waals surface area (Å²) >= 11 is 0. The number of nitrogens with zero attached hydrogens (tertiary/aromatic N) is 3. The molecule has 0 fully saturated rings. The summed E-state index contributed by atoms with van der Waals surface area (Å²) in [6, 6.07) is 5.52. The van der Waals surface area contributed by atoms with E-state index in [0.29, 0.717) is 36.8 Å². The minimum absolute atomic E-state index is 0.0363. The number of hydrogen-bond donors (Lipinski definition) is 2. The zero-order valence-electron chi connectivity index (χ0n) is 13.4. The van der Waals surface area contributed by atoms with E-state index in [4.69, 9.17) is 10.3 Å². The quantitative estimate of drug-likeness (QED) is 0.729. The maximum atomic E-state index is 12.0. The van der Waals surface area contributed by atoms with Crippen LogP contribution in [0.4, 0.5) is 0 Å². The molecule has 1 unspecified atom stereocenters. The van der Waals surface area contributed by atoms with E-state index >= 15 is 0 Å². The van der Waals surface area contributed by atoms with Gasteiger partial charge in [-0.3, -0.25) is 9.78 Å². The second-order valence-corrected chi connectivity index (χ2v) is 5.37. The maximum Gasteiger partial charge on any atom is 0.227 e. The topological polar surface area (TPSA) is 107 Å². The van der Waals surface area contributed by atoms with E-state index in [1.165, 1.54) is 0 Å². The lowest BCUT2D eigenvalue weighted by Gasteiger charge is -2.15. The maximum absolute atomic E-state index is 12.0. The van der Waals surface area contributed by atoms with Gasteiger partial charge < -0.3 is 15.6 Å². The van der Waals surface area contributed by atoms with Crippen LogP contribution in [0.2, 0.25) is 0 Å². The van der Waals surface area contributed by atoms with Crippen molar-refractivity contribution in [2.75, 3.05) is 6.54 Å². The van der Waals surface area contributed by atoms with E-state index in [-0.39, 0.29) is 11.9 Å². The highest BCUT2D eigenvalue weighted by Crippen LogP contribution is 2.12. The SMILES string of the molecule is CCCCC(CN)NC(=O)CCc1nc(-c2ccccn2)no1. The summed E-state index contributed by atoms with van der Waals surface area (Å²) in [6.07, 6.45) is 5.41. The Labute approximate surface area is 135 Å². The standard InChI is InChI=1S/C16H23N5O2/c1-2-3-6-12(11-17)19-14(22)8-9-15-20-16(21-23-15)13-7-4-5-10-18-13/h4-5,7,10,12H,2-3,6,8-9,11,17H2,1H3,(H,19,22). The van der Waals surface area contributed by atoms with Crippen LogP contribution in [0.5, 0.6) is 0 Å². The van der Waals surface area contributed by atoms with Gasteiger partial charge >= 0.3 is 0 Å². The summed E-state index contributed by atoms with van der Waals surface area (Å²) < 4.78 is 5.16. The zero-order chi connectivity index (χ0) is 16.5. The van der Waals surface area contributed by atoms with Crippen LogP contribution in [0.15, 0.2) is 28.9 Å². The molecule has 1 amide bonds. The molecule has 3 N–H and O–H groups in total. The zero-order valence-corrected chi connectivity index (χ0v) is 13.4. The highest BCUT2D eigenvalue weighted by molar-refractivity contribution is 5.76. The van der Waals surface area contributed by atoms with E-state index in [0.717, 1.165) is 19.3 Å². The number of nitrogens with two attached hydrogens (primary N) is 1. The van der Waals surface area contributed by atoms with Crippen LogP contribution < -0.4 is 11.1 Å². The molecule has 124 valence electrons. The fourth-order valence-corrected chi connectivity index (χ4v) is 2.18. The first-order valence-electron chi connectivity index (χ1n) is 7.96. The second kappa shape index (κ2) is 8.99. The Bertz CT molecular complexity index is 600. The van der Waals surface area contributed by atoms with E-state index in [1.807, 2.05) is 12.1 Å². The van der Waals surface area contributed by atoms with Gasteiger partial charge in [0, 0.05) is 31.6 Å². The van der Waals surface area contributed by atoms with Gasteiger partial charge in [0.2, 0.25) is 17.6 Å². The minimum atomic E-state index is -0.0471. The van der Waals surface area contributed by atoms with Crippen molar-refractivity contribution in [1.82, 2.24) is 20.4 Å². The number of pyridine rings is 1. The van der Waals surface area contributed by atoms with Crippen LogP contribution in [0.1, 0.15) is 38.5 Å². The lowest BCUT2D eigenvalue weighted by molar-refractivity contribution is -0.121. The minimum Gasteiger partial charge on any atom is -0.352 e. The van der Waals surface area contributed by atoms with Crippen molar-refractivity contribution in [3.8, 4) is 11.5 Å². The van der Waals surface area contributed by atoms with Crippen molar-refractivity contribution in [3.05, 3.63) is 30.3 Å². The number of aromatic nitrogens is 3. The number of nitrogens with one attached hydrogen (secondary N) is 1. The van der Waals surface area contributed by atoms with Gasteiger partial charge in [-0.15, -0.1) is 0 Å². The van der Waals surface area contributed by atoms with E-state index in [9.17, 15) is 4.79 Å². The predicted octanol–water partition coefficient (Wildman–Crippen LogP) is 1.70. The summed E-state index contributed by atoms with van der Waals surface area (Å²) in [5.41, 5.74) is 6.32. The fraction of sp³-hybridized carbons (Fsp3) is 0.500. The van der Waals surface area contributed by atoms with Gasteiger partial charge in [0.05, 0.1) is 0 Å². The second-order valence-electron chi connectivity index (χ2n) is 5.37. The molecule has 0 aliphatic rings. The monoisotopic (exact) mass is 317 g/mol. The van der Waals surface area contributed by atoms with Gasteiger partial charge in [0.1, 0.15) is 5.69 Å². The average Bonchev–Trinajstić information content (AvgIpc) is 3.06. The van der Waals surface area contributed by atoms with Crippen molar-refractivity contribution in [3.63, 3.8) is 0 Å². The van der Waals surface area contributed by atoms with Crippen molar-refractivity contribution in [2.24, 2.45) is 5.73 Å². The summed E-state index contributed by atoms with van der Waals surface area (Å²) in [7, 11) is 0. The van der Waals surface area contributed by atoms with E-state index in [1.54, 1.807) is 12.3 Å². The number of carbonyl (C=O) groups is 1. The van der Waals surface area contributed by atoms with Crippen molar-refractivity contribution in [1.29, 1.82) is 0 Å². The largest absolute Gasteiger partial charge is 0.352 e. The molecular formula is C16H23N5O2. The predicted molar refractivity (Wildman–Crippen MR) is 86.4 cm³/mol. The Morgan fingerprint density at radius 2 is 2.30 bits per heavy atom. The molecule has 2 aromatic heterocycles. The molecule has 2 aromatic rings. The Morgan fingerprint density at radius 3 is 3.00 bits per heavy atom. The lowest BCUT2D eigenvalue weighted by Crippen LogP contribution is -2.40. The Kier molecular flexibility index (Phi) is 6.68. The highest BCUT2D eigenvalue weighted by Gasteiger charge is 2.13. The number of rotatable bonds is 9. The van der Waals surface area contributed by atoms with Gasteiger partial charge in [-0.05, 0) is 18.6 Å². The van der Waals surface area contributed by atoms with Crippen molar-refractivity contribution in [2.45, 2.75) is 45.1 Å². The molecule has 0 aliphatic heterocycles. The summed E-state index contributed by atoms with van der Waals surface area (Å²) in [4.78, 5) is 20.4. The first kappa shape index (κ1) is 17.1. The van der Waals surface area contributed by atoms with Gasteiger partial charge in [-0.25, -0.2) is 0 Å². The number of unbranched alkanes of at least 4 members (excludes halogenated alkanes) is 1. The first-order chi connectivity index (χ1) is 11.2. The number of aryl methyl sites for hydroxylation is 1. The Balaban J connectivity index is 1.82. The van der Waals surface area contributed by atoms with E-state index < -0.39 is 0 Å². The molecule has 7 heteroatoms. The number of amides is 1. The molecule has 2 heterocycles. The molecule has 7 nitrogen and oxygen atoms in total. The van der Waals surface area contributed by atoms with Gasteiger partial charge in [0.25, 0.3) is 0 Å². The third kappa shape index (κ3) is 5.45. The third-order valence-electron chi connectivity index (χ3n) is 3.48. The van der Waals surface area contributed by atoms with Crippen molar-refractivity contribution >= 4 is 5.91 Å². The summed E-state index contributed by atoms with van der Waals surface area (Å²) in [6.45, 7) is 2.57. The van der Waals surface area contributed by atoms with Crippen LogP contribution in [-0.4, -0.2) is 33.6 Å². The van der Waals surface area contributed by atoms with Crippen LogP contribution in [-0.2, 0) is 11.2 Å². The van der Waals surface area contributed by atoms with Crippen molar-refractivity contribution < 1.29 is 9.32 Å². The molecular weight excluding hydrogens is 294 g/mol. The fourth-order valence-electron chi connectivity index (χ4n) is 2.18. The molecule has 0 radical (unpaired) electrons.